The number of carbonyl (C=O) groups is 2. The predicted molar refractivity (Wildman–Crippen MR) is 283 cm³/mol. The number of carboxylic acids is 1. The molecule has 0 radical (unpaired) electrons. The molecule has 481 valence electrons. The van der Waals surface area contributed by atoms with E-state index in [-0.39, 0.29) is 188 Å². The van der Waals surface area contributed by atoms with Gasteiger partial charge in [-0.05, 0) is 109 Å². The molecular weight excluding hydrogens is 1620 g/mol. The second kappa shape index (κ2) is 46.1. The Morgan fingerprint density at radius 1 is 0.544 bits per heavy atom. The molecule has 0 aliphatic carbocycles. The molecule has 0 spiro atoms. The van der Waals surface area contributed by atoms with Gasteiger partial charge in [0.05, 0.1) is 39.0 Å². The molecule has 0 aliphatic rings. The van der Waals surface area contributed by atoms with Crippen molar-refractivity contribution in [3.63, 3.8) is 0 Å². The molecule has 18 nitrogen and oxygen atoms in total. The maximum atomic E-state index is 13.6. The zero-order valence-corrected chi connectivity index (χ0v) is 62.0. The normalized spacial score (nSPS) is 9.53. The van der Waals surface area contributed by atoms with E-state index in [4.69, 9.17) is 55.7 Å². The molecule has 90 heavy (non-hydrogen) atoms. The van der Waals surface area contributed by atoms with Crippen LogP contribution in [0.4, 0.5) is 74.1 Å². The summed E-state index contributed by atoms with van der Waals surface area (Å²) in [5.41, 5.74) is 3.69. The molecule has 0 saturated carbocycles. The van der Waals surface area contributed by atoms with Crippen molar-refractivity contribution in [3.8, 4) is 40.2 Å². The number of nitro benzene ring substituents is 2. The largest absolute Gasteiger partial charge is 1.00 e. The molecule has 8 rings (SSSR count). The number of hydrogen-bond acceptors (Lipinski definition) is 15. The quantitative estimate of drug-likeness (QED) is 0.0110. The number of aliphatic carboxylic acids is 1. The molecule has 0 amide bonds. The summed E-state index contributed by atoms with van der Waals surface area (Å²) >= 11 is 0.757. The molecule has 0 atom stereocenters. The van der Waals surface area contributed by atoms with Gasteiger partial charge >= 0.3 is 171 Å². The Labute approximate surface area is 638 Å². The second-order valence-corrected chi connectivity index (χ2v) is 19.0. The van der Waals surface area contributed by atoms with Gasteiger partial charge in [0.15, 0.2) is 69.6 Å². The number of nitro groups is 2. The van der Waals surface area contributed by atoms with E-state index >= 15 is 0 Å². The molecule has 8 aromatic carbocycles. The van der Waals surface area contributed by atoms with Crippen LogP contribution in [-0.2, 0) is 36.7 Å². The third-order valence-corrected chi connectivity index (χ3v) is 9.95. The van der Waals surface area contributed by atoms with Crippen molar-refractivity contribution < 1.29 is 272 Å². The molecule has 0 saturated heterocycles. The number of benzene rings is 8. The molecule has 38 heteroatoms. The standard InChI is InChI=1S/C12H6ClF3O3S.C12H6F3NO3.C12H8F3NO.C6H2F3NO2.C6H5FO.C2H4O2.CH2O3.CH3.2ClH.2Cs.Cu.H/c13-20(17,18)9-5-10(15)12(11(16)6-9)19-8-3-1-7(14)2-4-8;13-7-1-3-9(4-2-7)19-12-10(14)5-8(16(17)18)6-11(12)15;13-7-1-3-9(4-2-7)17-12-10(14)5-8(16)6-11(12)15;7-4-1-3(10(11)12)2-5(8)6(4)9;7-5-1-3-6(8)4-2-5;1-2(3)4;2-1-4-3;;;;;;;/h1-6H;1-6H;1-6H,16H2;1-2H;1-4,8H;1H3,(H,3,4);1,3H;1H3;2*1H;;;;/q;;;;;;;-1;;;2*+1;+2;-1/p-3. The number of non-ortho nitro benzene ring substituents is 2. The fraction of sp³-hybridized carbons (Fsp3) is 0.0192. The average molecular weight is 1660 g/mol. The van der Waals surface area contributed by atoms with Crippen LogP contribution in [0.25, 0.3) is 0 Å². The fourth-order valence-electron chi connectivity index (χ4n) is 5.15. The van der Waals surface area contributed by atoms with Gasteiger partial charge < -0.3 is 49.2 Å². The maximum Gasteiger partial charge on any atom is 1.00 e. The maximum absolute atomic E-state index is 13.6. The topological polar surface area (TPSA) is 281 Å². The molecule has 0 aliphatic heterocycles. The summed E-state index contributed by atoms with van der Waals surface area (Å²) in [5.74, 6) is -16.2. The minimum atomic E-state index is -4.26. The summed E-state index contributed by atoms with van der Waals surface area (Å²) in [6.45, 7) is 0.903. The summed E-state index contributed by atoms with van der Waals surface area (Å²) in [4.78, 5) is 38.0. The average Bonchev–Trinajstić information content (AvgIpc) is 1.83. The van der Waals surface area contributed by atoms with Crippen molar-refractivity contribution in [3.05, 3.63) is 249 Å². The number of carbonyl (C=O) groups excluding carboxylic acids is 1. The van der Waals surface area contributed by atoms with E-state index < -0.39 is 128 Å². The Kier molecular flexibility index (Phi) is 45.7. The Bertz CT molecular complexity index is 3580. The number of rotatable bonds is 10. The van der Waals surface area contributed by atoms with E-state index in [1.165, 1.54) is 60.7 Å². The van der Waals surface area contributed by atoms with Crippen molar-refractivity contribution in [1.29, 1.82) is 0 Å². The Balaban J connectivity index is -0.000000503. The van der Waals surface area contributed by atoms with E-state index in [1.54, 1.807) is 0 Å². The zero-order valence-electron chi connectivity index (χ0n) is 46.4. The number of anilines is 1. The number of nitrogen functional groups attached to an aromatic ring is 1. The molecule has 0 unspecified atom stereocenters. The SMILES string of the molecule is CC(=O)O.Nc1cc(F)c(Oc2ccc(F)cc2)c(F)c1.O=CO[O-].O=S(=O)(Cl)c1cc(F)c(Oc2ccc(F)cc2)c(F)c1.O=[N+]([O-])c1cc(F)c(F)c(F)c1.O=[N+]([O-])c1cc(F)c(Oc2ccc(F)cc2)c(F)c1.Oc1ccc(F)cc1.[CH3-].[Cl][Cu][Cl].[Cs+].[Cs+].[H-]. The summed E-state index contributed by atoms with van der Waals surface area (Å²) in [5, 5.41) is 44.8. The third kappa shape index (κ3) is 35.1. The minimum absolute atomic E-state index is 0. The molecule has 4 N–H and O–H groups in total. The Hall–Kier alpha value is -5.01. The number of hydrogen-bond donors (Lipinski definition) is 3. The smallest absolute Gasteiger partial charge is 1.00 e. The van der Waals surface area contributed by atoms with Crippen LogP contribution in [0.2, 0.25) is 0 Å². The van der Waals surface area contributed by atoms with Crippen LogP contribution in [0.15, 0.2) is 150 Å². The van der Waals surface area contributed by atoms with Crippen LogP contribution >= 0.6 is 30.9 Å². The van der Waals surface area contributed by atoms with Crippen LogP contribution in [0, 0.1) is 103 Å². The first-order valence-corrected chi connectivity index (χ1v) is 26.7. The van der Waals surface area contributed by atoms with Gasteiger partial charge in [-0.2, -0.15) is 0 Å². The first-order valence-electron chi connectivity index (χ1n) is 21.8. The van der Waals surface area contributed by atoms with Crippen LogP contribution in [-0.4, -0.2) is 40.9 Å². The molecule has 0 bridgehead atoms. The number of halogens is 16. The third-order valence-electron chi connectivity index (χ3n) is 8.61. The Morgan fingerprint density at radius 2 is 0.767 bits per heavy atom. The van der Waals surface area contributed by atoms with Crippen LogP contribution in [0.3, 0.4) is 0 Å². The van der Waals surface area contributed by atoms with Crippen LogP contribution < -0.4 is 163 Å². The summed E-state index contributed by atoms with van der Waals surface area (Å²) in [6.07, 6.45) is 0. The molecule has 0 fully saturated rings. The van der Waals surface area contributed by atoms with Crippen molar-refractivity contribution >= 4 is 69.4 Å². The van der Waals surface area contributed by atoms with Gasteiger partial charge in [-0.1, -0.05) is 0 Å². The molecule has 8 aromatic rings. The zero-order chi connectivity index (χ0) is 66.3. The molecular formula is C52H36Cl3Cs2CuF13N3O15S-. The number of phenols is 1. The van der Waals surface area contributed by atoms with Gasteiger partial charge in [0.2, 0.25) is 0 Å². The van der Waals surface area contributed by atoms with E-state index in [9.17, 15) is 85.7 Å². The monoisotopic (exact) mass is 1650 g/mol. The van der Waals surface area contributed by atoms with Crippen LogP contribution in [0.1, 0.15) is 8.35 Å². The molecule has 0 aromatic heterocycles. The number of carboxylic acid groups (broad SMARTS) is 1. The number of aromatic hydroxyl groups is 1. The second-order valence-electron chi connectivity index (χ2n) is 14.8. The Morgan fingerprint density at radius 3 is 0.989 bits per heavy atom. The molecule has 0 heterocycles. The van der Waals surface area contributed by atoms with E-state index in [0.717, 1.165) is 68.6 Å². The van der Waals surface area contributed by atoms with Crippen molar-refractivity contribution in [2.75, 3.05) is 5.73 Å². The van der Waals surface area contributed by atoms with Gasteiger partial charge in [0.25, 0.3) is 32.9 Å². The van der Waals surface area contributed by atoms with E-state index in [1.807, 2.05) is 0 Å². The first-order chi connectivity index (χ1) is 40.7. The van der Waals surface area contributed by atoms with Crippen molar-refractivity contribution in [1.82, 2.24) is 0 Å². The van der Waals surface area contributed by atoms with Crippen molar-refractivity contribution in [2.45, 2.75) is 11.8 Å². The van der Waals surface area contributed by atoms with Gasteiger partial charge in [0.1, 0.15) is 46.3 Å². The van der Waals surface area contributed by atoms with E-state index in [2.05, 4.69) is 25.1 Å². The number of nitrogens with zero attached hydrogens (tertiary/aromatic N) is 2. The minimum Gasteiger partial charge on any atom is -1.00 e. The first kappa shape index (κ1) is 89.2. The predicted octanol–water partition coefficient (Wildman–Crippen LogP) is 9.12. The fourth-order valence-corrected chi connectivity index (χ4v) is 5.91. The van der Waals surface area contributed by atoms with Crippen LogP contribution in [0.5, 0.6) is 40.2 Å². The number of nitrogens with two attached hydrogens (primary N) is 1. The van der Waals surface area contributed by atoms with Gasteiger partial charge in [-0.3, -0.25) is 29.8 Å². The number of phenolic OH excluding ortho intramolecular Hbond substituents is 1. The van der Waals surface area contributed by atoms with Gasteiger partial charge in [0, 0.05) is 35.4 Å². The van der Waals surface area contributed by atoms with Crippen molar-refractivity contribution in [2.24, 2.45) is 0 Å². The summed E-state index contributed by atoms with van der Waals surface area (Å²) in [7, 11) is 10.1. The number of ether oxygens (including phenoxy) is 3. The summed E-state index contributed by atoms with van der Waals surface area (Å²) in [6, 6.07) is 23.4. The van der Waals surface area contributed by atoms with Gasteiger partial charge in [-0.15, -0.1) is 0 Å². The summed E-state index contributed by atoms with van der Waals surface area (Å²) < 4.78 is 204. The van der Waals surface area contributed by atoms with E-state index in [0.29, 0.717) is 36.4 Å². The van der Waals surface area contributed by atoms with Gasteiger partial charge in [-0.25, -0.2) is 65.5 Å².